The highest BCUT2D eigenvalue weighted by molar-refractivity contribution is 6.28. The average molecular weight is 472 g/mol. The third-order valence-corrected chi connectivity index (χ3v) is 5.70. The van der Waals surface area contributed by atoms with Crippen LogP contribution in [0.15, 0.2) is 6.33 Å². The number of ether oxygens (including phenoxy) is 2. The van der Waals surface area contributed by atoms with Crippen LogP contribution < -0.4 is 5.32 Å². The van der Waals surface area contributed by atoms with E-state index in [2.05, 4.69) is 20.3 Å². The Kier molecular flexibility index (Phi) is 8.60. The van der Waals surface area contributed by atoms with Crippen LogP contribution in [-0.2, 0) is 14.3 Å². The first-order chi connectivity index (χ1) is 15.3. The number of fused-ring (bicyclic) bond motifs is 1. The van der Waals surface area contributed by atoms with Crippen molar-refractivity contribution in [3.8, 4) is 0 Å². The SMILES string of the molecule is CCC(O)[C@@H](O[C@@H](CO)COC(C)C(=O)O)n1cnc2c(NC3CCCC3)nc(Cl)nc21. The van der Waals surface area contributed by atoms with Gasteiger partial charge in [-0.2, -0.15) is 9.97 Å². The molecule has 11 nitrogen and oxygen atoms in total. The molecule has 0 bridgehead atoms. The van der Waals surface area contributed by atoms with Gasteiger partial charge in [0.1, 0.15) is 6.10 Å². The maximum atomic E-state index is 11.0. The van der Waals surface area contributed by atoms with Crippen LogP contribution in [0.4, 0.5) is 5.82 Å². The maximum absolute atomic E-state index is 11.0. The summed E-state index contributed by atoms with van der Waals surface area (Å²) in [6, 6.07) is 0.287. The van der Waals surface area contributed by atoms with Crippen molar-refractivity contribution in [2.24, 2.45) is 0 Å². The van der Waals surface area contributed by atoms with Crippen molar-refractivity contribution in [1.82, 2.24) is 19.5 Å². The van der Waals surface area contributed by atoms with Crippen molar-refractivity contribution in [3.05, 3.63) is 11.6 Å². The van der Waals surface area contributed by atoms with E-state index in [0.29, 0.717) is 23.4 Å². The first-order valence-electron chi connectivity index (χ1n) is 10.8. The van der Waals surface area contributed by atoms with E-state index >= 15 is 0 Å². The largest absolute Gasteiger partial charge is 0.479 e. The number of aliphatic hydroxyl groups excluding tert-OH is 2. The molecule has 2 aromatic heterocycles. The highest BCUT2D eigenvalue weighted by atomic mass is 35.5. The molecule has 0 radical (unpaired) electrons. The van der Waals surface area contributed by atoms with Gasteiger partial charge in [-0.15, -0.1) is 0 Å². The standard InChI is InChI=1S/C20H30ClN5O6/c1-3-14(28)18(32-13(8-27)9-31-11(2)19(29)30)26-10-22-15-16(23-12-6-4-5-7-12)24-20(21)25-17(15)26/h10-14,18,27-28H,3-9H2,1-2H3,(H,29,30)(H,23,24,25)/t11?,13-,14?,18+/m0/s1. The molecule has 1 fully saturated rings. The van der Waals surface area contributed by atoms with Gasteiger partial charge in [-0.05, 0) is 37.8 Å². The zero-order chi connectivity index (χ0) is 23.3. The second kappa shape index (κ2) is 11.2. The number of carboxylic acid groups (broad SMARTS) is 1. The summed E-state index contributed by atoms with van der Waals surface area (Å²) >= 11 is 6.18. The molecule has 3 rings (SSSR count). The van der Waals surface area contributed by atoms with E-state index in [0.717, 1.165) is 25.7 Å². The predicted molar refractivity (Wildman–Crippen MR) is 117 cm³/mol. The Morgan fingerprint density at radius 3 is 2.72 bits per heavy atom. The molecule has 2 unspecified atom stereocenters. The molecule has 2 aromatic rings. The van der Waals surface area contributed by atoms with E-state index in [1.165, 1.54) is 13.3 Å². The molecule has 1 aliphatic rings. The van der Waals surface area contributed by atoms with E-state index < -0.39 is 37.1 Å². The lowest BCUT2D eigenvalue weighted by molar-refractivity contribution is -0.165. The normalized spacial score (nSPS) is 18.5. The number of hydrogen-bond acceptors (Lipinski definition) is 9. The van der Waals surface area contributed by atoms with Crippen LogP contribution in [0.25, 0.3) is 11.2 Å². The van der Waals surface area contributed by atoms with Crippen molar-refractivity contribution >= 4 is 34.6 Å². The second-order valence-corrected chi connectivity index (χ2v) is 8.25. The van der Waals surface area contributed by atoms with E-state index in [1.54, 1.807) is 11.5 Å². The molecule has 178 valence electrons. The number of aromatic nitrogens is 4. The number of hydrogen-bond donors (Lipinski definition) is 4. The minimum absolute atomic E-state index is 0.0295. The van der Waals surface area contributed by atoms with Crippen molar-refractivity contribution in [3.63, 3.8) is 0 Å². The molecule has 12 heteroatoms. The second-order valence-electron chi connectivity index (χ2n) is 7.91. The number of aliphatic hydroxyl groups is 2. The van der Waals surface area contributed by atoms with Crippen molar-refractivity contribution < 1.29 is 29.6 Å². The molecule has 4 atom stereocenters. The van der Waals surface area contributed by atoms with Gasteiger partial charge in [0, 0.05) is 6.04 Å². The van der Waals surface area contributed by atoms with Gasteiger partial charge >= 0.3 is 5.97 Å². The number of nitrogens with one attached hydrogen (secondary N) is 1. The Morgan fingerprint density at radius 2 is 2.09 bits per heavy atom. The Morgan fingerprint density at radius 1 is 1.38 bits per heavy atom. The molecule has 4 N–H and O–H groups in total. The summed E-state index contributed by atoms with van der Waals surface area (Å²) in [4.78, 5) is 24.0. The van der Waals surface area contributed by atoms with Crippen LogP contribution in [0.5, 0.6) is 0 Å². The summed E-state index contributed by atoms with van der Waals surface area (Å²) < 4.78 is 12.7. The number of halogens is 1. The van der Waals surface area contributed by atoms with Crippen LogP contribution >= 0.6 is 11.6 Å². The van der Waals surface area contributed by atoms with Crippen molar-refractivity contribution in [2.75, 3.05) is 18.5 Å². The number of rotatable bonds is 12. The van der Waals surface area contributed by atoms with E-state index in [1.807, 2.05) is 0 Å². The van der Waals surface area contributed by atoms with Crippen LogP contribution in [-0.4, -0.2) is 78.4 Å². The highest BCUT2D eigenvalue weighted by Crippen LogP contribution is 2.29. The Labute approximate surface area is 190 Å². The molecule has 0 spiro atoms. The quantitative estimate of drug-likeness (QED) is 0.338. The van der Waals surface area contributed by atoms with Gasteiger partial charge in [0.2, 0.25) is 5.28 Å². The molecule has 0 aliphatic heterocycles. The first-order valence-corrected chi connectivity index (χ1v) is 11.2. The summed E-state index contributed by atoms with van der Waals surface area (Å²) in [6.07, 6.45) is 2.34. The van der Waals surface area contributed by atoms with Crippen LogP contribution in [0.2, 0.25) is 5.28 Å². The third-order valence-electron chi connectivity index (χ3n) is 5.53. The molecule has 0 saturated heterocycles. The number of nitrogens with zero attached hydrogens (tertiary/aromatic N) is 4. The van der Waals surface area contributed by atoms with Gasteiger partial charge in [-0.1, -0.05) is 19.8 Å². The zero-order valence-electron chi connectivity index (χ0n) is 18.1. The van der Waals surface area contributed by atoms with E-state index in [4.69, 9.17) is 26.2 Å². The van der Waals surface area contributed by atoms with E-state index in [-0.39, 0.29) is 17.9 Å². The lowest BCUT2D eigenvalue weighted by Crippen LogP contribution is -2.35. The van der Waals surface area contributed by atoms with Crippen molar-refractivity contribution in [1.29, 1.82) is 0 Å². The molecule has 1 aliphatic carbocycles. The summed E-state index contributed by atoms with van der Waals surface area (Å²) in [7, 11) is 0. The van der Waals surface area contributed by atoms with Crippen LogP contribution in [0, 0.1) is 0 Å². The molecule has 0 amide bonds. The topological polar surface area (TPSA) is 152 Å². The van der Waals surface area contributed by atoms with Gasteiger partial charge in [-0.25, -0.2) is 9.78 Å². The Hall–Kier alpha value is -2.05. The maximum Gasteiger partial charge on any atom is 0.332 e. The van der Waals surface area contributed by atoms with Gasteiger partial charge in [-0.3, -0.25) is 4.57 Å². The van der Waals surface area contributed by atoms with Crippen molar-refractivity contribution in [2.45, 2.75) is 76.5 Å². The molecule has 0 aromatic carbocycles. The lowest BCUT2D eigenvalue weighted by Gasteiger charge is -2.28. The zero-order valence-corrected chi connectivity index (χ0v) is 18.9. The average Bonchev–Trinajstić information content (AvgIpc) is 3.43. The fraction of sp³-hybridized carbons (Fsp3) is 0.700. The van der Waals surface area contributed by atoms with Crippen LogP contribution in [0.3, 0.4) is 0 Å². The summed E-state index contributed by atoms with van der Waals surface area (Å²) in [6.45, 7) is 2.56. The summed E-state index contributed by atoms with van der Waals surface area (Å²) in [5.74, 6) is -0.603. The van der Waals surface area contributed by atoms with Gasteiger partial charge in [0.05, 0.1) is 25.6 Å². The fourth-order valence-electron chi connectivity index (χ4n) is 3.64. The van der Waals surface area contributed by atoms with Gasteiger partial charge < -0.3 is 30.1 Å². The molecule has 32 heavy (non-hydrogen) atoms. The minimum atomic E-state index is -1.12. The smallest absolute Gasteiger partial charge is 0.332 e. The predicted octanol–water partition coefficient (Wildman–Crippen LogP) is 1.97. The highest BCUT2D eigenvalue weighted by Gasteiger charge is 2.29. The monoisotopic (exact) mass is 471 g/mol. The first kappa shape index (κ1) is 24.6. The number of carbonyl (C=O) groups is 1. The summed E-state index contributed by atoms with van der Waals surface area (Å²) in [5, 5.41) is 32.8. The summed E-state index contributed by atoms with van der Waals surface area (Å²) in [5.41, 5.74) is 0.869. The lowest BCUT2D eigenvalue weighted by atomic mass is 10.2. The van der Waals surface area contributed by atoms with E-state index in [9.17, 15) is 15.0 Å². The Balaban J connectivity index is 1.87. The number of carboxylic acids is 1. The van der Waals surface area contributed by atoms with Crippen LogP contribution in [0.1, 0.15) is 52.2 Å². The number of imidazole rings is 1. The minimum Gasteiger partial charge on any atom is -0.479 e. The fourth-order valence-corrected chi connectivity index (χ4v) is 3.80. The number of anilines is 1. The molecule has 1 saturated carbocycles. The number of aliphatic carboxylic acids is 1. The van der Waals surface area contributed by atoms with Gasteiger partial charge in [0.15, 0.2) is 29.3 Å². The molecule has 2 heterocycles. The Bertz CT molecular complexity index is 906. The third kappa shape index (κ3) is 5.84. The van der Waals surface area contributed by atoms with Gasteiger partial charge in [0.25, 0.3) is 0 Å². The molecular formula is C20H30ClN5O6. The molecular weight excluding hydrogens is 442 g/mol.